The van der Waals surface area contributed by atoms with Gasteiger partial charge in [0.25, 0.3) is 0 Å². The van der Waals surface area contributed by atoms with Crippen molar-refractivity contribution in [2.45, 2.75) is 44.9 Å². The van der Waals surface area contributed by atoms with Crippen LogP contribution in [0.4, 0.5) is 9.18 Å². The van der Waals surface area contributed by atoms with Crippen LogP contribution in [0.3, 0.4) is 0 Å². The van der Waals surface area contributed by atoms with Crippen LogP contribution in [0.2, 0.25) is 0 Å². The Labute approximate surface area is 140 Å². The maximum absolute atomic E-state index is 13.5. The Morgan fingerprint density at radius 1 is 1.29 bits per heavy atom. The van der Waals surface area contributed by atoms with Crippen LogP contribution in [0.15, 0.2) is 18.2 Å². The van der Waals surface area contributed by atoms with E-state index in [1.54, 1.807) is 12.1 Å². The van der Waals surface area contributed by atoms with Gasteiger partial charge < -0.3 is 20.5 Å². The number of carbonyl (C=O) groups is 2. The highest BCUT2D eigenvalue weighted by atomic mass is 19.1. The molecule has 132 valence electrons. The number of hydrogen-bond donors (Lipinski definition) is 3. The summed E-state index contributed by atoms with van der Waals surface area (Å²) in [6.45, 7) is 0.464. The molecule has 2 rings (SSSR count). The maximum Gasteiger partial charge on any atom is 0.315 e. The first-order chi connectivity index (χ1) is 11.5. The number of carboxylic acid groups (broad SMARTS) is 1. The molecule has 1 saturated carbocycles. The predicted molar refractivity (Wildman–Crippen MR) is 85.9 cm³/mol. The number of benzene rings is 1. The summed E-state index contributed by atoms with van der Waals surface area (Å²) in [6, 6.07) is 4.34. The number of aliphatic carboxylic acids is 1. The highest BCUT2D eigenvalue weighted by Crippen LogP contribution is 2.24. The Balaban J connectivity index is 1.77. The van der Waals surface area contributed by atoms with Crippen molar-refractivity contribution in [1.82, 2.24) is 10.6 Å². The normalized spacial score (nSPS) is 20.4. The summed E-state index contributed by atoms with van der Waals surface area (Å²) in [7, 11) is 1.50. The summed E-state index contributed by atoms with van der Waals surface area (Å²) in [4.78, 5) is 22.8. The number of carboxylic acids is 1. The third kappa shape index (κ3) is 5.19. The maximum atomic E-state index is 13.5. The first kappa shape index (κ1) is 18.2. The number of halogens is 1. The Morgan fingerprint density at radius 2 is 2.00 bits per heavy atom. The summed E-state index contributed by atoms with van der Waals surface area (Å²) in [5, 5.41) is 14.6. The van der Waals surface area contributed by atoms with Crippen LogP contribution in [0.5, 0.6) is 0 Å². The van der Waals surface area contributed by atoms with Crippen molar-refractivity contribution in [3.63, 3.8) is 0 Å². The van der Waals surface area contributed by atoms with Gasteiger partial charge in [0.1, 0.15) is 5.82 Å². The van der Waals surface area contributed by atoms with Gasteiger partial charge in [0, 0.05) is 25.3 Å². The minimum Gasteiger partial charge on any atom is -0.481 e. The van der Waals surface area contributed by atoms with Crippen LogP contribution in [-0.2, 0) is 22.7 Å². The predicted octanol–water partition coefficient (Wildman–Crippen LogP) is 2.41. The minimum atomic E-state index is -0.763. The molecule has 0 unspecified atom stereocenters. The lowest BCUT2D eigenvalue weighted by Gasteiger charge is -2.26. The van der Waals surface area contributed by atoms with Crippen molar-refractivity contribution in [3.8, 4) is 0 Å². The van der Waals surface area contributed by atoms with Gasteiger partial charge in [-0.15, -0.1) is 0 Å². The number of ether oxygens (including phenoxy) is 1. The molecule has 0 heterocycles. The molecule has 0 spiro atoms. The SMILES string of the molecule is COCc1cc(CNC(=O)NC2CCC(C(=O)O)CC2)ccc1F. The van der Waals surface area contributed by atoms with Gasteiger partial charge in [-0.3, -0.25) is 4.79 Å². The monoisotopic (exact) mass is 338 g/mol. The molecule has 0 radical (unpaired) electrons. The first-order valence-electron chi connectivity index (χ1n) is 8.03. The standard InChI is InChI=1S/C17H23FN2O4/c1-24-10-13-8-11(2-7-15(13)18)9-19-17(23)20-14-5-3-12(4-6-14)16(21)22/h2,7-8,12,14H,3-6,9-10H2,1H3,(H,21,22)(H2,19,20,23). The molecule has 1 aliphatic carbocycles. The zero-order valence-corrected chi connectivity index (χ0v) is 13.7. The van der Waals surface area contributed by atoms with E-state index in [1.807, 2.05) is 0 Å². The Hall–Kier alpha value is -2.15. The van der Waals surface area contributed by atoms with Crippen molar-refractivity contribution in [3.05, 3.63) is 35.1 Å². The molecule has 1 fully saturated rings. The molecule has 0 atom stereocenters. The molecule has 6 nitrogen and oxygen atoms in total. The van der Waals surface area contributed by atoms with Crippen molar-refractivity contribution in [2.75, 3.05) is 7.11 Å². The molecule has 0 aromatic heterocycles. The second-order valence-corrected chi connectivity index (χ2v) is 6.07. The minimum absolute atomic E-state index is 0.00197. The number of rotatable bonds is 6. The molecular formula is C17H23FN2O4. The molecule has 0 saturated heterocycles. The van der Waals surface area contributed by atoms with Crippen LogP contribution >= 0.6 is 0 Å². The molecular weight excluding hydrogens is 315 g/mol. The zero-order chi connectivity index (χ0) is 17.5. The topological polar surface area (TPSA) is 87.7 Å². The molecule has 1 aromatic carbocycles. The second-order valence-electron chi connectivity index (χ2n) is 6.07. The molecule has 1 aromatic rings. The number of carbonyl (C=O) groups excluding carboxylic acids is 1. The van der Waals surface area contributed by atoms with E-state index in [2.05, 4.69) is 10.6 Å². The van der Waals surface area contributed by atoms with Gasteiger partial charge in [-0.2, -0.15) is 0 Å². The molecule has 24 heavy (non-hydrogen) atoms. The summed E-state index contributed by atoms with van der Waals surface area (Å²) in [6.07, 6.45) is 2.50. The molecule has 0 bridgehead atoms. The van der Waals surface area contributed by atoms with Gasteiger partial charge in [0.2, 0.25) is 0 Å². The lowest BCUT2D eigenvalue weighted by molar-refractivity contribution is -0.142. The van der Waals surface area contributed by atoms with Crippen LogP contribution in [-0.4, -0.2) is 30.3 Å². The van der Waals surface area contributed by atoms with Gasteiger partial charge in [0.15, 0.2) is 0 Å². The van der Waals surface area contributed by atoms with E-state index >= 15 is 0 Å². The van der Waals surface area contributed by atoms with Crippen LogP contribution < -0.4 is 10.6 Å². The number of nitrogens with one attached hydrogen (secondary N) is 2. The molecule has 2 amide bonds. The van der Waals surface area contributed by atoms with Gasteiger partial charge in [-0.25, -0.2) is 9.18 Å². The first-order valence-corrected chi connectivity index (χ1v) is 8.03. The Kier molecular flexibility index (Phi) is 6.54. The van der Waals surface area contributed by atoms with E-state index in [-0.39, 0.29) is 37.0 Å². The summed E-state index contributed by atoms with van der Waals surface area (Å²) < 4.78 is 18.5. The van der Waals surface area contributed by atoms with E-state index in [0.29, 0.717) is 31.2 Å². The summed E-state index contributed by atoms with van der Waals surface area (Å²) in [5.41, 5.74) is 1.23. The largest absolute Gasteiger partial charge is 0.481 e. The zero-order valence-electron chi connectivity index (χ0n) is 13.7. The number of methoxy groups -OCH3 is 1. The third-order valence-electron chi connectivity index (χ3n) is 4.27. The Bertz CT molecular complexity index is 586. The number of amides is 2. The van der Waals surface area contributed by atoms with Crippen molar-refractivity contribution >= 4 is 12.0 Å². The van der Waals surface area contributed by atoms with Gasteiger partial charge in [-0.05, 0) is 43.4 Å². The fourth-order valence-electron chi connectivity index (χ4n) is 2.91. The van der Waals surface area contributed by atoms with Gasteiger partial charge in [0.05, 0.1) is 12.5 Å². The number of hydrogen-bond acceptors (Lipinski definition) is 3. The third-order valence-corrected chi connectivity index (χ3v) is 4.27. The number of urea groups is 1. The van der Waals surface area contributed by atoms with Gasteiger partial charge in [-0.1, -0.05) is 6.07 Å². The molecule has 1 aliphatic rings. The molecule has 0 aliphatic heterocycles. The summed E-state index contributed by atoms with van der Waals surface area (Å²) >= 11 is 0. The van der Waals surface area contributed by atoms with E-state index < -0.39 is 5.97 Å². The van der Waals surface area contributed by atoms with Crippen LogP contribution in [0.1, 0.15) is 36.8 Å². The fourth-order valence-corrected chi connectivity index (χ4v) is 2.91. The van der Waals surface area contributed by atoms with E-state index in [0.717, 1.165) is 5.56 Å². The van der Waals surface area contributed by atoms with Crippen LogP contribution in [0.25, 0.3) is 0 Å². The highest BCUT2D eigenvalue weighted by Gasteiger charge is 2.26. The lowest BCUT2D eigenvalue weighted by Crippen LogP contribution is -2.43. The average Bonchev–Trinajstić information content (AvgIpc) is 2.56. The molecule has 3 N–H and O–H groups in total. The van der Waals surface area contributed by atoms with E-state index in [1.165, 1.54) is 13.2 Å². The fraction of sp³-hybridized carbons (Fsp3) is 0.529. The van der Waals surface area contributed by atoms with Crippen molar-refractivity contribution in [2.24, 2.45) is 5.92 Å². The molecule has 7 heteroatoms. The van der Waals surface area contributed by atoms with E-state index in [9.17, 15) is 14.0 Å². The highest BCUT2D eigenvalue weighted by molar-refractivity contribution is 5.74. The average molecular weight is 338 g/mol. The lowest BCUT2D eigenvalue weighted by atomic mass is 9.86. The Morgan fingerprint density at radius 3 is 2.62 bits per heavy atom. The van der Waals surface area contributed by atoms with Gasteiger partial charge >= 0.3 is 12.0 Å². The smallest absolute Gasteiger partial charge is 0.315 e. The summed E-state index contributed by atoms with van der Waals surface area (Å²) in [5.74, 6) is -1.40. The van der Waals surface area contributed by atoms with Crippen molar-refractivity contribution in [1.29, 1.82) is 0 Å². The van der Waals surface area contributed by atoms with Crippen LogP contribution in [0, 0.1) is 11.7 Å². The van der Waals surface area contributed by atoms with E-state index in [4.69, 9.17) is 9.84 Å². The quantitative estimate of drug-likeness (QED) is 0.743. The second kappa shape index (κ2) is 8.63. The van der Waals surface area contributed by atoms with Crippen molar-refractivity contribution < 1.29 is 23.8 Å².